The van der Waals surface area contributed by atoms with Gasteiger partial charge in [-0.25, -0.2) is 0 Å². The normalized spacial score (nSPS) is 28.5. The summed E-state index contributed by atoms with van der Waals surface area (Å²) in [6, 6.07) is 7.95. The van der Waals surface area contributed by atoms with E-state index in [1.807, 2.05) is 24.3 Å². The molecule has 0 spiro atoms. The lowest BCUT2D eigenvalue weighted by molar-refractivity contribution is 0.152. The Morgan fingerprint density at radius 2 is 1.56 bits per heavy atom. The molecule has 0 atom stereocenters. The van der Waals surface area contributed by atoms with E-state index in [1.165, 1.54) is 64.2 Å². The minimum Gasteiger partial charge on any atom is -0.497 e. The van der Waals surface area contributed by atoms with E-state index in [0.29, 0.717) is 0 Å². The van der Waals surface area contributed by atoms with Crippen LogP contribution in [0.1, 0.15) is 76.7 Å². The van der Waals surface area contributed by atoms with E-state index in [1.54, 1.807) is 7.11 Å². The first-order valence-corrected chi connectivity index (χ1v) is 11.1. The second-order valence-corrected chi connectivity index (χ2v) is 8.60. The fourth-order valence-electron chi connectivity index (χ4n) is 5.15. The Hall–Kier alpha value is -1.68. The number of benzene rings is 1. The van der Waals surface area contributed by atoms with E-state index in [9.17, 15) is 0 Å². The average molecular weight is 365 g/mol. The third-order valence-electron chi connectivity index (χ3n) is 6.83. The van der Waals surface area contributed by atoms with Crippen LogP contribution in [-0.4, -0.2) is 7.11 Å². The second kappa shape index (κ2) is 10.6. The summed E-state index contributed by atoms with van der Waals surface area (Å²) in [5.41, 5.74) is 1.04. The van der Waals surface area contributed by atoms with Gasteiger partial charge in [0, 0.05) is 5.56 Å². The van der Waals surface area contributed by atoms with Gasteiger partial charge in [-0.1, -0.05) is 50.5 Å². The molecule has 0 aromatic heterocycles. The molecule has 1 aromatic carbocycles. The number of methoxy groups -OCH3 is 1. The van der Waals surface area contributed by atoms with E-state index in [2.05, 4.69) is 30.9 Å². The molecule has 2 fully saturated rings. The first-order valence-electron chi connectivity index (χ1n) is 11.1. The Morgan fingerprint density at radius 1 is 0.926 bits per heavy atom. The summed E-state index contributed by atoms with van der Waals surface area (Å²) < 4.78 is 5.18. The molecule has 0 bridgehead atoms. The van der Waals surface area contributed by atoms with Crippen LogP contribution in [0.3, 0.4) is 0 Å². The Balaban J connectivity index is 1.39. The van der Waals surface area contributed by atoms with Gasteiger partial charge in [-0.05, 0) is 92.5 Å². The number of allylic oxidation sites excluding steroid dienone is 2. The van der Waals surface area contributed by atoms with Crippen molar-refractivity contribution in [2.75, 3.05) is 7.11 Å². The van der Waals surface area contributed by atoms with Gasteiger partial charge in [0.2, 0.25) is 0 Å². The van der Waals surface area contributed by atoms with Gasteiger partial charge in [-0.2, -0.15) is 0 Å². The molecule has 1 aromatic rings. The molecule has 1 nitrogen and oxygen atoms in total. The van der Waals surface area contributed by atoms with Gasteiger partial charge in [0.25, 0.3) is 0 Å². The lowest BCUT2D eigenvalue weighted by Crippen LogP contribution is -2.25. The van der Waals surface area contributed by atoms with Crippen LogP contribution in [0, 0.1) is 35.5 Å². The molecule has 2 saturated carbocycles. The van der Waals surface area contributed by atoms with Gasteiger partial charge >= 0.3 is 0 Å². The van der Waals surface area contributed by atoms with Crippen molar-refractivity contribution < 1.29 is 4.74 Å². The second-order valence-electron chi connectivity index (χ2n) is 8.60. The molecular formula is C26H36O. The van der Waals surface area contributed by atoms with Crippen LogP contribution >= 0.6 is 0 Å². The summed E-state index contributed by atoms with van der Waals surface area (Å²) in [7, 11) is 1.69. The summed E-state index contributed by atoms with van der Waals surface area (Å²) in [5, 5.41) is 0. The Bertz CT molecular complexity index is 629. The Morgan fingerprint density at radius 3 is 2.15 bits per heavy atom. The van der Waals surface area contributed by atoms with Crippen molar-refractivity contribution >= 4 is 0 Å². The molecule has 0 unspecified atom stereocenters. The quantitative estimate of drug-likeness (QED) is 0.510. The highest BCUT2D eigenvalue weighted by Gasteiger charge is 2.29. The molecule has 0 amide bonds. The predicted molar refractivity (Wildman–Crippen MR) is 115 cm³/mol. The fraction of sp³-hybridized carbons (Fsp3) is 0.615. The topological polar surface area (TPSA) is 9.23 Å². The zero-order valence-corrected chi connectivity index (χ0v) is 17.3. The Kier molecular flexibility index (Phi) is 7.88. The minimum absolute atomic E-state index is 0.739. The largest absolute Gasteiger partial charge is 0.497 e. The van der Waals surface area contributed by atoms with Gasteiger partial charge in [-0.3, -0.25) is 0 Å². The summed E-state index contributed by atoms with van der Waals surface area (Å²) in [6.07, 6.45) is 18.9. The number of ether oxygens (including phenoxy) is 1. The summed E-state index contributed by atoms with van der Waals surface area (Å²) in [4.78, 5) is 0. The van der Waals surface area contributed by atoms with Crippen LogP contribution < -0.4 is 4.74 Å². The predicted octanol–water partition coefficient (Wildman–Crippen LogP) is 7.02. The first-order chi connectivity index (χ1) is 13.3. The van der Waals surface area contributed by atoms with Crippen molar-refractivity contribution in [3.8, 4) is 17.6 Å². The lowest BCUT2D eigenvalue weighted by Gasteiger charge is -2.37. The molecule has 1 heteroatoms. The highest BCUT2D eigenvalue weighted by Crippen LogP contribution is 2.42. The van der Waals surface area contributed by atoms with Crippen LogP contribution in [-0.2, 0) is 0 Å². The van der Waals surface area contributed by atoms with E-state index in [4.69, 9.17) is 4.74 Å². The SMILES string of the molecule is CCC[C@H]1CC[C@H]([C@H]2CC[C@H](C=CC#Cc3ccc(OC)cc3)CC2)CC1. The van der Waals surface area contributed by atoms with Crippen molar-refractivity contribution in [2.45, 2.75) is 71.1 Å². The maximum absolute atomic E-state index is 5.18. The van der Waals surface area contributed by atoms with Gasteiger partial charge in [-0.15, -0.1) is 0 Å². The van der Waals surface area contributed by atoms with Gasteiger partial charge < -0.3 is 4.74 Å². The van der Waals surface area contributed by atoms with Crippen LogP contribution in [0.5, 0.6) is 5.75 Å². The number of rotatable bonds is 5. The maximum atomic E-state index is 5.18. The van der Waals surface area contributed by atoms with Crippen LogP contribution in [0.15, 0.2) is 36.4 Å². The first kappa shape index (κ1) is 20.1. The smallest absolute Gasteiger partial charge is 0.118 e. The molecule has 0 heterocycles. The highest BCUT2D eigenvalue weighted by atomic mass is 16.5. The number of hydrogen-bond donors (Lipinski definition) is 0. The molecule has 0 saturated heterocycles. The van der Waals surface area contributed by atoms with E-state index < -0.39 is 0 Å². The van der Waals surface area contributed by atoms with Crippen LogP contribution in [0.2, 0.25) is 0 Å². The van der Waals surface area contributed by atoms with Crippen molar-refractivity contribution in [2.24, 2.45) is 23.7 Å². The molecule has 0 radical (unpaired) electrons. The molecule has 2 aliphatic carbocycles. The zero-order chi connectivity index (χ0) is 18.9. The molecule has 0 aliphatic heterocycles. The van der Waals surface area contributed by atoms with Crippen molar-refractivity contribution in [1.29, 1.82) is 0 Å². The third-order valence-corrected chi connectivity index (χ3v) is 6.83. The molecule has 3 rings (SSSR count). The van der Waals surface area contributed by atoms with E-state index >= 15 is 0 Å². The molecule has 2 aliphatic rings. The van der Waals surface area contributed by atoms with Gasteiger partial charge in [0.15, 0.2) is 0 Å². The number of hydrogen-bond acceptors (Lipinski definition) is 1. The average Bonchev–Trinajstić information content (AvgIpc) is 2.73. The third kappa shape index (κ3) is 6.17. The summed E-state index contributed by atoms with van der Waals surface area (Å²) >= 11 is 0. The van der Waals surface area contributed by atoms with Crippen molar-refractivity contribution in [1.82, 2.24) is 0 Å². The van der Waals surface area contributed by atoms with E-state index in [0.717, 1.165) is 35.0 Å². The van der Waals surface area contributed by atoms with Crippen LogP contribution in [0.25, 0.3) is 0 Å². The summed E-state index contributed by atoms with van der Waals surface area (Å²) in [6.45, 7) is 2.34. The monoisotopic (exact) mass is 364 g/mol. The lowest BCUT2D eigenvalue weighted by atomic mass is 9.69. The molecule has 0 N–H and O–H groups in total. The Labute approximate surface area is 166 Å². The molecule has 146 valence electrons. The fourth-order valence-corrected chi connectivity index (χ4v) is 5.15. The highest BCUT2D eigenvalue weighted by molar-refractivity contribution is 5.40. The maximum Gasteiger partial charge on any atom is 0.118 e. The molecule has 27 heavy (non-hydrogen) atoms. The van der Waals surface area contributed by atoms with Crippen molar-refractivity contribution in [3.63, 3.8) is 0 Å². The van der Waals surface area contributed by atoms with Gasteiger partial charge in [0.05, 0.1) is 7.11 Å². The zero-order valence-electron chi connectivity index (χ0n) is 17.3. The summed E-state index contributed by atoms with van der Waals surface area (Å²) in [5.74, 6) is 11.1. The standard InChI is InChI=1S/C26H36O/c1-3-6-21-9-15-24(16-10-21)25-17-11-22(12-18-25)7-4-5-8-23-13-19-26(27-2)20-14-23/h4,7,13-14,19-22,24-25H,3,6,9-12,15-18H2,1-2H3/t21-,22-,24-,25-. The minimum atomic E-state index is 0.739. The van der Waals surface area contributed by atoms with Crippen LogP contribution in [0.4, 0.5) is 0 Å². The van der Waals surface area contributed by atoms with Gasteiger partial charge in [0.1, 0.15) is 5.75 Å². The van der Waals surface area contributed by atoms with Crippen molar-refractivity contribution in [3.05, 3.63) is 42.0 Å². The van der Waals surface area contributed by atoms with E-state index in [-0.39, 0.29) is 0 Å². The molecular weight excluding hydrogens is 328 g/mol.